The molecule has 0 saturated heterocycles. The van der Waals surface area contributed by atoms with Gasteiger partial charge in [0.25, 0.3) is 0 Å². The molecule has 0 radical (unpaired) electrons. The molecular formula is C15H23N3O2. The van der Waals surface area contributed by atoms with Crippen LogP contribution >= 0.6 is 0 Å². The molecule has 20 heavy (non-hydrogen) atoms. The van der Waals surface area contributed by atoms with Crippen LogP contribution in [0.2, 0.25) is 0 Å². The second-order valence-electron chi connectivity index (χ2n) is 6.44. The summed E-state index contributed by atoms with van der Waals surface area (Å²) in [6, 6.07) is 0. The number of carbonyl (C=O) groups is 1. The van der Waals surface area contributed by atoms with Crippen LogP contribution in [0.15, 0.2) is 0 Å². The highest BCUT2D eigenvalue weighted by molar-refractivity contribution is 5.75. The Bertz CT molecular complexity index is 471. The third kappa shape index (κ3) is 2.58. The van der Waals surface area contributed by atoms with Crippen molar-refractivity contribution in [3.8, 4) is 0 Å². The molecule has 2 fully saturated rings. The Morgan fingerprint density at radius 3 is 2.55 bits per heavy atom. The van der Waals surface area contributed by atoms with Crippen LogP contribution in [0.4, 0.5) is 0 Å². The summed E-state index contributed by atoms with van der Waals surface area (Å²) in [4.78, 5) is 16.2. The van der Waals surface area contributed by atoms with Gasteiger partial charge in [-0.05, 0) is 25.7 Å². The molecule has 2 aliphatic rings. The number of H-pyrrole nitrogens is 1. The molecule has 3 rings (SSSR count). The second-order valence-corrected chi connectivity index (χ2v) is 6.44. The Balaban J connectivity index is 1.71. The molecule has 0 unspecified atom stereocenters. The molecule has 5 heteroatoms. The normalized spacial score (nSPS) is 23.0. The number of aromatic nitrogens is 3. The number of aliphatic carboxylic acids is 1. The maximum atomic E-state index is 11.6. The Morgan fingerprint density at radius 1 is 1.20 bits per heavy atom. The monoisotopic (exact) mass is 277 g/mol. The number of aromatic amines is 1. The van der Waals surface area contributed by atoms with E-state index in [4.69, 9.17) is 0 Å². The van der Waals surface area contributed by atoms with Crippen LogP contribution in [0, 0.1) is 5.41 Å². The first kappa shape index (κ1) is 13.6. The van der Waals surface area contributed by atoms with Crippen LogP contribution in [0.3, 0.4) is 0 Å². The maximum Gasteiger partial charge on any atom is 0.310 e. The van der Waals surface area contributed by atoms with E-state index in [1.807, 2.05) is 0 Å². The van der Waals surface area contributed by atoms with Crippen LogP contribution in [0.25, 0.3) is 0 Å². The van der Waals surface area contributed by atoms with Crippen molar-refractivity contribution in [2.24, 2.45) is 5.41 Å². The number of rotatable bonds is 4. The third-order valence-corrected chi connectivity index (χ3v) is 5.04. The molecule has 0 aliphatic heterocycles. The predicted molar refractivity (Wildman–Crippen MR) is 74.4 cm³/mol. The average molecular weight is 277 g/mol. The second kappa shape index (κ2) is 5.54. The highest BCUT2D eigenvalue weighted by atomic mass is 16.4. The third-order valence-electron chi connectivity index (χ3n) is 5.04. The van der Waals surface area contributed by atoms with Gasteiger partial charge in [-0.25, -0.2) is 4.98 Å². The van der Waals surface area contributed by atoms with Crippen molar-refractivity contribution in [2.45, 2.75) is 70.1 Å². The van der Waals surface area contributed by atoms with Gasteiger partial charge < -0.3 is 5.11 Å². The summed E-state index contributed by atoms with van der Waals surface area (Å²) < 4.78 is 0. The lowest BCUT2D eigenvalue weighted by atomic mass is 9.82. The van der Waals surface area contributed by atoms with Crippen molar-refractivity contribution >= 4 is 5.97 Å². The summed E-state index contributed by atoms with van der Waals surface area (Å²) in [6.45, 7) is 0. The number of carboxylic acids is 1. The molecule has 0 aromatic carbocycles. The summed E-state index contributed by atoms with van der Waals surface area (Å²) in [6.07, 6.45) is 10.2. The number of carboxylic acid groups (broad SMARTS) is 1. The van der Waals surface area contributed by atoms with Gasteiger partial charge in [0, 0.05) is 12.3 Å². The molecule has 0 atom stereocenters. The van der Waals surface area contributed by atoms with E-state index in [2.05, 4.69) is 15.2 Å². The molecule has 1 aromatic heterocycles. The quantitative estimate of drug-likeness (QED) is 0.886. The van der Waals surface area contributed by atoms with Crippen LogP contribution in [0.1, 0.15) is 75.4 Å². The van der Waals surface area contributed by atoms with Gasteiger partial charge in [-0.1, -0.05) is 32.1 Å². The fourth-order valence-corrected chi connectivity index (χ4v) is 3.77. The lowest BCUT2D eigenvalue weighted by Crippen LogP contribution is -2.30. The van der Waals surface area contributed by atoms with Crippen molar-refractivity contribution < 1.29 is 9.90 Å². The summed E-state index contributed by atoms with van der Waals surface area (Å²) in [5, 5.41) is 16.8. The van der Waals surface area contributed by atoms with Gasteiger partial charge in [-0.15, -0.1) is 0 Å². The molecule has 1 heterocycles. The molecule has 2 aliphatic carbocycles. The molecule has 2 N–H and O–H groups in total. The summed E-state index contributed by atoms with van der Waals surface area (Å²) in [7, 11) is 0. The van der Waals surface area contributed by atoms with Crippen LogP contribution < -0.4 is 0 Å². The van der Waals surface area contributed by atoms with Gasteiger partial charge in [0.15, 0.2) is 5.82 Å². The van der Waals surface area contributed by atoms with Crippen molar-refractivity contribution in [3.05, 3.63) is 11.6 Å². The zero-order valence-electron chi connectivity index (χ0n) is 11.9. The van der Waals surface area contributed by atoms with E-state index in [0.29, 0.717) is 12.3 Å². The summed E-state index contributed by atoms with van der Waals surface area (Å²) >= 11 is 0. The molecule has 0 amide bonds. The first-order valence-electron chi connectivity index (χ1n) is 7.84. The highest BCUT2D eigenvalue weighted by Gasteiger charge is 2.42. The van der Waals surface area contributed by atoms with Crippen LogP contribution in [0.5, 0.6) is 0 Å². The van der Waals surface area contributed by atoms with Crippen LogP contribution in [-0.2, 0) is 11.2 Å². The van der Waals surface area contributed by atoms with Gasteiger partial charge in [-0.2, -0.15) is 5.10 Å². The van der Waals surface area contributed by atoms with Gasteiger partial charge in [0.05, 0.1) is 5.41 Å². The Kier molecular flexibility index (Phi) is 3.76. The summed E-state index contributed by atoms with van der Waals surface area (Å²) in [5.41, 5.74) is -0.608. The Morgan fingerprint density at radius 2 is 1.90 bits per heavy atom. The van der Waals surface area contributed by atoms with E-state index >= 15 is 0 Å². The molecule has 0 spiro atoms. The number of nitrogens with one attached hydrogen (secondary N) is 1. The number of nitrogens with zero attached hydrogens (tertiary/aromatic N) is 2. The van der Waals surface area contributed by atoms with E-state index in [0.717, 1.165) is 37.3 Å². The molecular weight excluding hydrogens is 254 g/mol. The summed E-state index contributed by atoms with van der Waals surface area (Å²) in [5.74, 6) is 1.46. The minimum Gasteiger partial charge on any atom is -0.481 e. The van der Waals surface area contributed by atoms with Gasteiger partial charge in [0.1, 0.15) is 5.82 Å². The first-order chi connectivity index (χ1) is 9.70. The van der Waals surface area contributed by atoms with E-state index in [9.17, 15) is 9.90 Å². The lowest BCUT2D eigenvalue weighted by Gasteiger charge is -2.22. The van der Waals surface area contributed by atoms with Crippen molar-refractivity contribution in [3.63, 3.8) is 0 Å². The fourth-order valence-electron chi connectivity index (χ4n) is 3.77. The number of hydrogen-bond donors (Lipinski definition) is 2. The van der Waals surface area contributed by atoms with E-state index in [1.54, 1.807) is 0 Å². The van der Waals surface area contributed by atoms with E-state index in [-0.39, 0.29) is 0 Å². The minimum absolute atomic E-state index is 0.470. The topological polar surface area (TPSA) is 78.9 Å². The molecule has 2 saturated carbocycles. The maximum absolute atomic E-state index is 11.6. The van der Waals surface area contributed by atoms with Gasteiger partial charge in [0.2, 0.25) is 0 Å². The average Bonchev–Trinajstić information content (AvgIpc) is 3.10. The molecule has 0 bridgehead atoms. The number of hydrogen-bond acceptors (Lipinski definition) is 3. The zero-order chi connectivity index (χ0) is 14.0. The predicted octanol–water partition coefficient (Wildman–Crippen LogP) is 3.04. The molecule has 5 nitrogen and oxygen atoms in total. The SMILES string of the molecule is O=C(O)C1(Cc2nc(C3CCCCC3)n[nH]2)CCCC1. The standard InChI is InChI=1S/C15H23N3O2/c19-14(20)15(8-4-5-9-15)10-12-16-13(18-17-12)11-6-2-1-3-7-11/h11H,1-10H2,(H,19,20)(H,16,17,18). The van der Waals surface area contributed by atoms with Gasteiger partial charge >= 0.3 is 5.97 Å². The van der Waals surface area contributed by atoms with E-state index in [1.165, 1.54) is 32.1 Å². The van der Waals surface area contributed by atoms with Crippen molar-refractivity contribution in [1.82, 2.24) is 15.2 Å². The first-order valence-corrected chi connectivity index (χ1v) is 7.84. The fraction of sp³-hybridized carbons (Fsp3) is 0.800. The lowest BCUT2D eigenvalue weighted by molar-refractivity contribution is -0.148. The smallest absolute Gasteiger partial charge is 0.310 e. The Hall–Kier alpha value is -1.39. The zero-order valence-corrected chi connectivity index (χ0v) is 11.9. The van der Waals surface area contributed by atoms with Crippen LogP contribution in [-0.4, -0.2) is 26.3 Å². The molecule has 1 aromatic rings. The van der Waals surface area contributed by atoms with Gasteiger partial charge in [-0.3, -0.25) is 9.89 Å². The highest BCUT2D eigenvalue weighted by Crippen LogP contribution is 2.41. The van der Waals surface area contributed by atoms with Crippen molar-refractivity contribution in [2.75, 3.05) is 0 Å². The Labute approximate surface area is 119 Å². The minimum atomic E-state index is -0.675. The van der Waals surface area contributed by atoms with Crippen molar-refractivity contribution in [1.29, 1.82) is 0 Å². The van der Waals surface area contributed by atoms with E-state index < -0.39 is 11.4 Å². The molecule has 110 valence electrons. The largest absolute Gasteiger partial charge is 0.481 e.